The van der Waals surface area contributed by atoms with Gasteiger partial charge in [-0.05, 0) is 62.2 Å². The standard InChI is InChI=1S/C18H28N2/c1-2-11-20(14-18-7-4-10-19-18)13-15-5-3-6-17(12-15)16-8-9-16/h3,5-6,12,16,18-19H,2,4,7-11,13-14H2,1H3. The lowest BCUT2D eigenvalue weighted by molar-refractivity contribution is 0.241. The van der Waals surface area contributed by atoms with Crippen molar-refractivity contribution < 1.29 is 0 Å². The van der Waals surface area contributed by atoms with Crippen molar-refractivity contribution in [2.45, 2.75) is 57.5 Å². The van der Waals surface area contributed by atoms with Crippen molar-refractivity contribution in [3.05, 3.63) is 35.4 Å². The number of hydrogen-bond donors (Lipinski definition) is 1. The van der Waals surface area contributed by atoms with Crippen LogP contribution in [0.2, 0.25) is 0 Å². The van der Waals surface area contributed by atoms with Gasteiger partial charge in [0.05, 0.1) is 0 Å². The Bertz CT molecular complexity index is 419. The molecule has 110 valence electrons. The second-order valence-electron chi connectivity index (χ2n) is 6.55. The molecule has 0 bridgehead atoms. The van der Waals surface area contributed by atoms with Crippen LogP contribution in [0.5, 0.6) is 0 Å². The minimum absolute atomic E-state index is 0.716. The summed E-state index contributed by atoms with van der Waals surface area (Å²) in [6.45, 7) is 7.04. The van der Waals surface area contributed by atoms with Crippen molar-refractivity contribution in [2.75, 3.05) is 19.6 Å². The van der Waals surface area contributed by atoms with E-state index in [1.165, 1.54) is 57.3 Å². The van der Waals surface area contributed by atoms with Crippen molar-refractivity contribution >= 4 is 0 Å². The zero-order valence-corrected chi connectivity index (χ0v) is 12.8. The molecule has 3 rings (SSSR count). The molecule has 2 heteroatoms. The molecule has 1 aromatic carbocycles. The molecule has 1 aliphatic heterocycles. The third-order valence-electron chi connectivity index (χ3n) is 4.59. The normalized spacial score (nSPS) is 22.6. The molecule has 2 nitrogen and oxygen atoms in total. The van der Waals surface area contributed by atoms with Gasteiger partial charge >= 0.3 is 0 Å². The van der Waals surface area contributed by atoms with Gasteiger partial charge in [-0.25, -0.2) is 0 Å². The van der Waals surface area contributed by atoms with Gasteiger partial charge in [0, 0.05) is 19.1 Å². The fourth-order valence-electron chi connectivity index (χ4n) is 3.40. The number of nitrogens with one attached hydrogen (secondary N) is 1. The van der Waals surface area contributed by atoms with Crippen molar-refractivity contribution in [3.8, 4) is 0 Å². The molecule has 1 saturated heterocycles. The van der Waals surface area contributed by atoms with Gasteiger partial charge in [0.25, 0.3) is 0 Å². The first-order valence-electron chi connectivity index (χ1n) is 8.39. The first kappa shape index (κ1) is 14.1. The van der Waals surface area contributed by atoms with Crippen molar-refractivity contribution in [2.24, 2.45) is 0 Å². The van der Waals surface area contributed by atoms with Crippen LogP contribution in [0.15, 0.2) is 24.3 Å². The number of benzene rings is 1. The molecule has 0 aromatic heterocycles. The van der Waals surface area contributed by atoms with Gasteiger partial charge in [-0.1, -0.05) is 31.2 Å². The Morgan fingerprint density at radius 1 is 1.25 bits per heavy atom. The smallest absolute Gasteiger partial charge is 0.0234 e. The number of hydrogen-bond acceptors (Lipinski definition) is 2. The van der Waals surface area contributed by atoms with Crippen LogP contribution < -0.4 is 5.32 Å². The van der Waals surface area contributed by atoms with Crippen molar-refractivity contribution in [1.82, 2.24) is 10.2 Å². The van der Waals surface area contributed by atoms with E-state index in [0.717, 1.165) is 12.5 Å². The van der Waals surface area contributed by atoms with E-state index < -0.39 is 0 Å². The Hall–Kier alpha value is -0.860. The molecule has 1 aliphatic carbocycles. The minimum Gasteiger partial charge on any atom is -0.313 e. The lowest BCUT2D eigenvalue weighted by Crippen LogP contribution is -2.37. The van der Waals surface area contributed by atoms with Crippen LogP contribution in [0, 0.1) is 0 Å². The van der Waals surface area contributed by atoms with E-state index in [4.69, 9.17) is 0 Å². The van der Waals surface area contributed by atoms with E-state index in [1.807, 2.05) is 0 Å². The highest BCUT2D eigenvalue weighted by atomic mass is 15.1. The van der Waals surface area contributed by atoms with Gasteiger partial charge in [-0.3, -0.25) is 4.90 Å². The Labute approximate surface area is 123 Å². The third kappa shape index (κ3) is 3.83. The first-order valence-corrected chi connectivity index (χ1v) is 8.39. The summed E-state index contributed by atoms with van der Waals surface area (Å²) in [7, 11) is 0. The molecule has 0 radical (unpaired) electrons. The Morgan fingerprint density at radius 3 is 2.85 bits per heavy atom. The second-order valence-corrected chi connectivity index (χ2v) is 6.55. The molecule has 1 unspecified atom stereocenters. The lowest BCUT2D eigenvalue weighted by atomic mass is 10.1. The van der Waals surface area contributed by atoms with Gasteiger partial charge in [-0.15, -0.1) is 0 Å². The van der Waals surface area contributed by atoms with Crippen LogP contribution in [-0.2, 0) is 6.54 Å². The molecule has 0 spiro atoms. The predicted octanol–water partition coefficient (Wildman–Crippen LogP) is 3.53. The Kier molecular flexibility index (Phi) is 4.74. The largest absolute Gasteiger partial charge is 0.313 e. The Balaban J connectivity index is 1.60. The summed E-state index contributed by atoms with van der Waals surface area (Å²) in [5.41, 5.74) is 3.07. The second kappa shape index (κ2) is 6.73. The SMILES string of the molecule is CCCN(Cc1cccc(C2CC2)c1)CC1CCCN1. The van der Waals surface area contributed by atoms with Gasteiger partial charge in [0.1, 0.15) is 0 Å². The van der Waals surface area contributed by atoms with Gasteiger partial charge < -0.3 is 5.32 Å². The van der Waals surface area contributed by atoms with Crippen LogP contribution in [0.25, 0.3) is 0 Å². The maximum atomic E-state index is 3.63. The van der Waals surface area contributed by atoms with E-state index in [1.54, 1.807) is 5.56 Å². The molecule has 1 aromatic rings. The van der Waals surface area contributed by atoms with E-state index in [-0.39, 0.29) is 0 Å². The molecule has 2 aliphatic rings. The van der Waals surface area contributed by atoms with Crippen molar-refractivity contribution in [3.63, 3.8) is 0 Å². The summed E-state index contributed by atoms with van der Waals surface area (Å²) in [6, 6.07) is 10.0. The highest BCUT2D eigenvalue weighted by molar-refractivity contribution is 5.29. The number of nitrogens with zero attached hydrogens (tertiary/aromatic N) is 1. The topological polar surface area (TPSA) is 15.3 Å². The van der Waals surface area contributed by atoms with Crippen LogP contribution >= 0.6 is 0 Å². The molecule has 1 atom stereocenters. The summed E-state index contributed by atoms with van der Waals surface area (Å²) in [5, 5.41) is 3.63. The van der Waals surface area contributed by atoms with Gasteiger partial charge in [-0.2, -0.15) is 0 Å². The fraction of sp³-hybridized carbons (Fsp3) is 0.667. The van der Waals surface area contributed by atoms with E-state index in [2.05, 4.69) is 41.4 Å². The summed E-state index contributed by atoms with van der Waals surface area (Å²) in [5.74, 6) is 0.867. The molecule has 1 heterocycles. The monoisotopic (exact) mass is 272 g/mol. The van der Waals surface area contributed by atoms with Crippen LogP contribution in [-0.4, -0.2) is 30.6 Å². The Morgan fingerprint density at radius 2 is 2.15 bits per heavy atom. The summed E-state index contributed by atoms with van der Waals surface area (Å²) >= 11 is 0. The number of rotatable bonds is 7. The first-order chi connectivity index (χ1) is 9.85. The van der Waals surface area contributed by atoms with Gasteiger partial charge in [0.2, 0.25) is 0 Å². The highest BCUT2D eigenvalue weighted by Gasteiger charge is 2.23. The molecular weight excluding hydrogens is 244 g/mol. The molecule has 2 fully saturated rings. The van der Waals surface area contributed by atoms with E-state index in [9.17, 15) is 0 Å². The average Bonchev–Trinajstić information content (AvgIpc) is 3.18. The summed E-state index contributed by atoms with van der Waals surface area (Å²) in [4.78, 5) is 2.63. The van der Waals surface area contributed by atoms with E-state index >= 15 is 0 Å². The molecule has 0 amide bonds. The van der Waals surface area contributed by atoms with Crippen molar-refractivity contribution in [1.29, 1.82) is 0 Å². The maximum absolute atomic E-state index is 3.63. The fourth-order valence-corrected chi connectivity index (χ4v) is 3.40. The molecule has 20 heavy (non-hydrogen) atoms. The summed E-state index contributed by atoms with van der Waals surface area (Å²) in [6.07, 6.45) is 6.74. The highest BCUT2D eigenvalue weighted by Crippen LogP contribution is 2.40. The van der Waals surface area contributed by atoms with Gasteiger partial charge in [0.15, 0.2) is 0 Å². The zero-order valence-electron chi connectivity index (χ0n) is 12.8. The van der Waals surface area contributed by atoms with Crippen LogP contribution in [0.1, 0.15) is 56.1 Å². The lowest BCUT2D eigenvalue weighted by Gasteiger charge is -2.25. The quantitative estimate of drug-likeness (QED) is 0.817. The zero-order chi connectivity index (χ0) is 13.8. The predicted molar refractivity (Wildman–Crippen MR) is 85.0 cm³/mol. The maximum Gasteiger partial charge on any atom is 0.0234 e. The van der Waals surface area contributed by atoms with Crippen LogP contribution in [0.4, 0.5) is 0 Å². The minimum atomic E-state index is 0.716. The average molecular weight is 272 g/mol. The van der Waals surface area contributed by atoms with E-state index in [0.29, 0.717) is 6.04 Å². The molecular formula is C18H28N2. The van der Waals surface area contributed by atoms with Crippen LogP contribution in [0.3, 0.4) is 0 Å². The molecule has 1 N–H and O–H groups in total. The molecule has 1 saturated carbocycles. The summed E-state index contributed by atoms with van der Waals surface area (Å²) < 4.78 is 0. The third-order valence-corrected chi connectivity index (χ3v) is 4.59.